The zero-order chi connectivity index (χ0) is 14.8. The van der Waals surface area contributed by atoms with Crippen LogP contribution >= 0.6 is 11.6 Å². The third-order valence-corrected chi connectivity index (χ3v) is 3.21. The summed E-state index contributed by atoms with van der Waals surface area (Å²) in [6, 6.07) is 12.1. The van der Waals surface area contributed by atoms with Crippen molar-refractivity contribution in [3.05, 3.63) is 53.8 Å². The van der Waals surface area contributed by atoms with Crippen LogP contribution in [0.5, 0.6) is 5.75 Å². The Labute approximate surface area is 126 Å². The van der Waals surface area contributed by atoms with Crippen LogP contribution in [-0.2, 0) is 7.05 Å². The molecule has 0 spiro atoms. The highest BCUT2D eigenvalue weighted by Crippen LogP contribution is 2.20. The van der Waals surface area contributed by atoms with Crippen molar-refractivity contribution >= 4 is 34.4 Å². The van der Waals surface area contributed by atoms with Crippen molar-refractivity contribution in [1.82, 2.24) is 9.55 Å². The van der Waals surface area contributed by atoms with Gasteiger partial charge in [0, 0.05) is 23.8 Å². The van der Waals surface area contributed by atoms with Gasteiger partial charge >= 0.3 is 6.09 Å². The molecule has 106 valence electrons. The van der Waals surface area contributed by atoms with Crippen LogP contribution in [0.15, 0.2) is 48.8 Å². The number of anilines is 1. The second kappa shape index (κ2) is 5.46. The maximum atomic E-state index is 11.8. The fourth-order valence-corrected chi connectivity index (χ4v) is 2.19. The molecule has 0 fully saturated rings. The van der Waals surface area contributed by atoms with Crippen LogP contribution in [0.1, 0.15) is 0 Å². The van der Waals surface area contributed by atoms with E-state index >= 15 is 0 Å². The van der Waals surface area contributed by atoms with Crippen molar-refractivity contribution < 1.29 is 9.53 Å². The van der Waals surface area contributed by atoms with Crippen LogP contribution < -0.4 is 10.1 Å². The lowest BCUT2D eigenvalue weighted by molar-refractivity contribution is 0.215. The predicted octanol–water partition coefficient (Wildman–Crippen LogP) is 3.84. The van der Waals surface area contributed by atoms with Crippen molar-refractivity contribution in [2.75, 3.05) is 5.32 Å². The van der Waals surface area contributed by atoms with Crippen LogP contribution in [0.2, 0.25) is 5.02 Å². The van der Waals surface area contributed by atoms with E-state index in [1.165, 1.54) is 0 Å². The molecule has 0 radical (unpaired) electrons. The molecule has 1 N–H and O–H groups in total. The minimum absolute atomic E-state index is 0.431. The van der Waals surface area contributed by atoms with Crippen LogP contribution in [-0.4, -0.2) is 15.6 Å². The summed E-state index contributed by atoms with van der Waals surface area (Å²) >= 11 is 5.85. The summed E-state index contributed by atoms with van der Waals surface area (Å²) in [6.45, 7) is 0. The van der Waals surface area contributed by atoms with Crippen LogP contribution in [0.3, 0.4) is 0 Å². The second-order valence-electron chi connectivity index (χ2n) is 4.53. The Balaban J connectivity index is 1.73. The van der Waals surface area contributed by atoms with Gasteiger partial charge in [0.05, 0.1) is 17.4 Å². The Morgan fingerprint density at radius 3 is 2.95 bits per heavy atom. The number of rotatable bonds is 2. The quantitative estimate of drug-likeness (QED) is 0.782. The average molecular weight is 302 g/mol. The third kappa shape index (κ3) is 2.98. The number of nitrogens with zero attached hydrogens (tertiary/aromatic N) is 2. The fraction of sp³-hybridized carbons (Fsp3) is 0.0667. The molecule has 0 saturated heterocycles. The van der Waals surface area contributed by atoms with Gasteiger partial charge in [-0.3, -0.25) is 5.32 Å². The van der Waals surface area contributed by atoms with Crippen molar-refractivity contribution in [3.63, 3.8) is 0 Å². The smallest absolute Gasteiger partial charge is 0.410 e. The Kier molecular flexibility index (Phi) is 3.50. The minimum atomic E-state index is -0.576. The number of aryl methyl sites for hydroxylation is 1. The predicted molar refractivity (Wildman–Crippen MR) is 81.8 cm³/mol. The number of hydrogen-bond acceptors (Lipinski definition) is 3. The van der Waals surface area contributed by atoms with Gasteiger partial charge in [-0.25, -0.2) is 9.78 Å². The zero-order valence-corrected chi connectivity index (χ0v) is 12.0. The number of hydrogen-bond donors (Lipinski definition) is 1. The molecule has 0 bridgehead atoms. The molecule has 2 aromatic carbocycles. The monoisotopic (exact) mass is 301 g/mol. The molecule has 1 heterocycles. The lowest BCUT2D eigenvalue weighted by atomic mass is 10.3. The zero-order valence-electron chi connectivity index (χ0n) is 11.2. The number of imidazole rings is 1. The summed E-state index contributed by atoms with van der Waals surface area (Å²) in [5.74, 6) is 0.431. The molecule has 0 aliphatic rings. The normalized spacial score (nSPS) is 10.6. The molecule has 0 aliphatic carbocycles. The molecule has 3 rings (SSSR count). The van der Waals surface area contributed by atoms with Gasteiger partial charge in [0.2, 0.25) is 0 Å². The molecule has 1 aromatic heterocycles. The molecular weight excluding hydrogens is 290 g/mol. The minimum Gasteiger partial charge on any atom is -0.410 e. The number of nitrogens with one attached hydrogen (secondary N) is 1. The summed E-state index contributed by atoms with van der Waals surface area (Å²) in [5.41, 5.74) is 2.31. The number of amides is 1. The fourth-order valence-electron chi connectivity index (χ4n) is 2.00. The van der Waals surface area contributed by atoms with E-state index in [0.29, 0.717) is 16.5 Å². The van der Waals surface area contributed by atoms with Gasteiger partial charge in [0.1, 0.15) is 5.75 Å². The molecule has 6 heteroatoms. The molecular formula is C15H12ClN3O2. The van der Waals surface area contributed by atoms with E-state index in [1.54, 1.807) is 42.7 Å². The Morgan fingerprint density at radius 1 is 1.29 bits per heavy atom. The van der Waals surface area contributed by atoms with Gasteiger partial charge in [-0.05, 0) is 30.3 Å². The lowest BCUT2D eigenvalue weighted by Crippen LogP contribution is -2.16. The summed E-state index contributed by atoms with van der Waals surface area (Å²) in [4.78, 5) is 16.0. The van der Waals surface area contributed by atoms with Gasteiger partial charge in [-0.2, -0.15) is 0 Å². The first-order valence-electron chi connectivity index (χ1n) is 6.27. The summed E-state index contributed by atoms with van der Waals surface area (Å²) in [7, 11) is 1.90. The summed E-state index contributed by atoms with van der Waals surface area (Å²) in [5, 5.41) is 3.16. The van der Waals surface area contributed by atoms with Gasteiger partial charge in [0.25, 0.3) is 0 Å². The Hall–Kier alpha value is -2.53. The van der Waals surface area contributed by atoms with E-state index in [1.807, 2.05) is 17.7 Å². The van der Waals surface area contributed by atoms with Crippen molar-refractivity contribution in [2.45, 2.75) is 0 Å². The second-order valence-corrected chi connectivity index (χ2v) is 4.97. The highest BCUT2D eigenvalue weighted by Gasteiger charge is 2.07. The van der Waals surface area contributed by atoms with Crippen molar-refractivity contribution in [1.29, 1.82) is 0 Å². The first-order chi connectivity index (χ1) is 10.1. The number of benzene rings is 2. The van der Waals surface area contributed by atoms with E-state index < -0.39 is 6.09 Å². The van der Waals surface area contributed by atoms with E-state index in [0.717, 1.165) is 11.0 Å². The van der Waals surface area contributed by atoms with Gasteiger partial charge in [0.15, 0.2) is 0 Å². The van der Waals surface area contributed by atoms with Crippen LogP contribution in [0.25, 0.3) is 11.0 Å². The third-order valence-electron chi connectivity index (χ3n) is 2.98. The lowest BCUT2D eigenvalue weighted by Gasteiger charge is -2.07. The standard InChI is InChI=1S/C15H12ClN3O2/c1-19-9-17-13-8-12(5-6-14(13)19)21-15(20)18-11-4-2-3-10(16)7-11/h2-9H,1H3,(H,18,20). The molecule has 5 nitrogen and oxygen atoms in total. The first-order valence-corrected chi connectivity index (χ1v) is 6.65. The molecule has 0 aliphatic heterocycles. The van der Waals surface area contributed by atoms with Crippen molar-refractivity contribution in [2.24, 2.45) is 7.05 Å². The van der Waals surface area contributed by atoms with Crippen molar-refractivity contribution in [3.8, 4) is 5.75 Å². The first kappa shape index (κ1) is 13.5. The number of ether oxygens (including phenoxy) is 1. The SMILES string of the molecule is Cn1cnc2cc(OC(=O)Nc3cccc(Cl)c3)ccc21. The number of aromatic nitrogens is 2. The largest absolute Gasteiger partial charge is 0.417 e. The van der Waals surface area contributed by atoms with Crippen LogP contribution in [0, 0.1) is 0 Å². The van der Waals surface area contributed by atoms with Crippen LogP contribution in [0.4, 0.5) is 10.5 Å². The molecule has 0 unspecified atom stereocenters. The van der Waals surface area contributed by atoms with Gasteiger partial charge in [-0.15, -0.1) is 0 Å². The topological polar surface area (TPSA) is 56.2 Å². The highest BCUT2D eigenvalue weighted by molar-refractivity contribution is 6.30. The maximum Gasteiger partial charge on any atom is 0.417 e. The van der Waals surface area contributed by atoms with Gasteiger partial charge < -0.3 is 9.30 Å². The summed E-state index contributed by atoms with van der Waals surface area (Å²) in [6.07, 6.45) is 1.13. The number of fused-ring (bicyclic) bond motifs is 1. The Bertz CT molecular complexity index is 814. The van der Waals surface area contributed by atoms with E-state index in [2.05, 4.69) is 10.3 Å². The molecule has 1 amide bonds. The van der Waals surface area contributed by atoms with E-state index in [4.69, 9.17) is 16.3 Å². The number of carbonyl (C=O) groups excluding carboxylic acids is 1. The molecule has 21 heavy (non-hydrogen) atoms. The van der Waals surface area contributed by atoms with E-state index in [-0.39, 0.29) is 0 Å². The van der Waals surface area contributed by atoms with E-state index in [9.17, 15) is 4.79 Å². The average Bonchev–Trinajstić information content (AvgIpc) is 2.80. The summed E-state index contributed by atoms with van der Waals surface area (Å²) < 4.78 is 7.13. The molecule has 0 atom stereocenters. The Morgan fingerprint density at radius 2 is 2.14 bits per heavy atom. The molecule has 0 saturated carbocycles. The van der Waals surface area contributed by atoms with Gasteiger partial charge in [-0.1, -0.05) is 17.7 Å². The molecule has 3 aromatic rings. The highest BCUT2D eigenvalue weighted by atomic mass is 35.5. The number of halogens is 1. The number of carbonyl (C=O) groups is 1. The maximum absolute atomic E-state index is 11.8.